The molecular formula is C23H15N3O6S2. The van der Waals surface area contributed by atoms with Crippen molar-refractivity contribution in [1.29, 1.82) is 0 Å². The van der Waals surface area contributed by atoms with Crippen molar-refractivity contribution in [3.8, 4) is 5.75 Å². The highest BCUT2D eigenvalue weighted by Crippen LogP contribution is 2.37. The van der Waals surface area contributed by atoms with Crippen LogP contribution in [0.4, 0.5) is 17.1 Å². The molecule has 9 nitrogen and oxygen atoms in total. The second-order valence-corrected chi connectivity index (χ2v) is 8.72. The molecule has 1 saturated heterocycles. The van der Waals surface area contributed by atoms with Crippen LogP contribution in [-0.2, 0) is 11.4 Å². The Bertz CT molecular complexity index is 1320. The number of benzene rings is 3. The first-order valence-corrected chi connectivity index (χ1v) is 11.0. The normalized spacial score (nSPS) is 14.5. The fourth-order valence-corrected chi connectivity index (χ4v) is 4.45. The number of hydrogen-bond donors (Lipinski definition) is 0. The summed E-state index contributed by atoms with van der Waals surface area (Å²) in [6.07, 6.45) is 1.68. The van der Waals surface area contributed by atoms with E-state index in [2.05, 4.69) is 0 Å². The van der Waals surface area contributed by atoms with E-state index >= 15 is 0 Å². The van der Waals surface area contributed by atoms with Crippen molar-refractivity contribution in [1.82, 2.24) is 0 Å². The lowest BCUT2D eigenvalue weighted by atomic mass is 10.1. The molecule has 0 N–H and O–H groups in total. The van der Waals surface area contributed by atoms with Crippen LogP contribution in [-0.4, -0.2) is 20.1 Å². The lowest BCUT2D eigenvalue weighted by Crippen LogP contribution is -2.27. The summed E-state index contributed by atoms with van der Waals surface area (Å²) in [5, 5.41) is 21.7. The molecule has 1 amide bonds. The molecule has 1 heterocycles. The summed E-state index contributed by atoms with van der Waals surface area (Å²) in [6, 6.07) is 18.8. The van der Waals surface area contributed by atoms with Gasteiger partial charge in [0.25, 0.3) is 17.3 Å². The van der Waals surface area contributed by atoms with Gasteiger partial charge in [-0.2, -0.15) is 0 Å². The van der Waals surface area contributed by atoms with Gasteiger partial charge < -0.3 is 4.74 Å². The van der Waals surface area contributed by atoms with Gasteiger partial charge in [-0.3, -0.25) is 29.9 Å². The van der Waals surface area contributed by atoms with Crippen molar-refractivity contribution >= 4 is 57.3 Å². The number of hydrogen-bond acceptors (Lipinski definition) is 8. The quantitative estimate of drug-likeness (QED) is 0.184. The number of para-hydroxylation sites is 1. The van der Waals surface area contributed by atoms with Crippen LogP contribution in [0, 0.1) is 20.2 Å². The first kappa shape index (κ1) is 23.1. The maximum Gasteiger partial charge on any atom is 0.270 e. The molecule has 3 aromatic rings. The van der Waals surface area contributed by atoms with Crippen LogP contribution < -0.4 is 9.64 Å². The molecule has 4 rings (SSSR count). The Morgan fingerprint density at radius 2 is 1.50 bits per heavy atom. The van der Waals surface area contributed by atoms with E-state index in [1.165, 1.54) is 41.3 Å². The zero-order valence-corrected chi connectivity index (χ0v) is 19.0. The van der Waals surface area contributed by atoms with Gasteiger partial charge in [0, 0.05) is 29.8 Å². The number of rotatable bonds is 7. The highest BCUT2D eigenvalue weighted by atomic mass is 32.2. The lowest BCUT2D eigenvalue weighted by Gasteiger charge is -2.14. The Morgan fingerprint density at radius 3 is 2.12 bits per heavy atom. The van der Waals surface area contributed by atoms with Crippen molar-refractivity contribution in [3.63, 3.8) is 0 Å². The number of ether oxygens (including phenoxy) is 1. The fourth-order valence-electron chi connectivity index (χ4n) is 3.16. The molecule has 0 saturated carbocycles. The minimum atomic E-state index is -0.512. The van der Waals surface area contributed by atoms with Crippen LogP contribution in [0.3, 0.4) is 0 Å². The first-order chi connectivity index (χ1) is 16.3. The molecule has 170 valence electrons. The number of nitro groups is 2. The molecule has 0 atom stereocenters. The zero-order valence-electron chi connectivity index (χ0n) is 17.3. The molecule has 11 heteroatoms. The third kappa shape index (κ3) is 4.95. The summed E-state index contributed by atoms with van der Waals surface area (Å²) in [5.74, 6) is 0.190. The van der Waals surface area contributed by atoms with Crippen LogP contribution in [0.25, 0.3) is 6.08 Å². The van der Waals surface area contributed by atoms with Gasteiger partial charge in [0.1, 0.15) is 12.4 Å². The molecule has 0 aliphatic carbocycles. The van der Waals surface area contributed by atoms with E-state index in [0.29, 0.717) is 26.2 Å². The largest absolute Gasteiger partial charge is 0.488 e. The highest BCUT2D eigenvalue weighted by Gasteiger charge is 2.33. The number of nitrogens with zero attached hydrogens (tertiary/aromatic N) is 3. The third-order valence-electron chi connectivity index (χ3n) is 4.86. The van der Waals surface area contributed by atoms with E-state index in [4.69, 9.17) is 17.0 Å². The lowest BCUT2D eigenvalue weighted by molar-refractivity contribution is -0.385. The van der Waals surface area contributed by atoms with Gasteiger partial charge in [0.15, 0.2) is 4.32 Å². The standard InChI is InChI=1S/C23H15N3O6S2/c27-22-21(34-23(33)24(22)17-9-11-19(12-10-17)26(30)31)13-16-3-1-2-4-20(16)32-14-15-5-7-18(8-6-15)25(28)29/h1-13H,14H2/b21-13+. The molecule has 0 unspecified atom stereocenters. The number of carbonyl (C=O) groups excluding carboxylic acids is 1. The molecule has 0 radical (unpaired) electrons. The number of non-ortho nitro benzene ring substituents is 2. The van der Waals surface area contributed by atoms with Gasteiger partial charge in [-0.15, -0.1) is 0 Å². The first-order valence-electron chi connectivity index (χ1n) is 9.81. The smallest absolute Gasteiger partial charge is 0.270 e. The summed E-state index contributed by atoms with van der Waals surface area (Å²) in [4.78, 5) is 35.5. The Hall–Kier alpha value is -4.09. The number of thiocarbonyl (C=S) groups is 1. The topological polar surface area (TPSA) is 116 Å². The third-order valence-corrected chi connectivity index (χ3v) is 6.16. The number of anilines is 1. The Morgan fingerprint density at radius 1 is 0.912 bits per heavy atom. The van der Waals surface area contributed by atoms with Crippen molar-refractivity contribution in [2.45, 2.75) is 6.61 Å². The van der Waals surface area contributed by atoms with Crippen LogP contribution >= 0.6 is 24.0 Å². The van der Waals surface area contributed by atoms with Gasteiger partial charge >= 0.3 is 0 Å². The summed E-state index contributed by atoms with van der Waals surface area (Å²) < 4.78 is 6.21. The second kappa shape index (κ2) is 9.81. The van der Waals surface area contributed by atoms with Crippen molar-refractivity contribution in [2.75, 3.05) is 4.90 Å². The molecule has 1 aliphatic heterocycles. The molecule has 0 spiro atoms. The zero-order chi connectivity index (χ0) is 24.2. The Labute approximate surface area is 202 Å². The fraction of sp³-hybridized carbons (Fsp3) is 0.0435. The van der Waals surface area contributed by atoms with E-state index < -0.39 is 9.85 Å². The minimum absolute atomic E-state index is 0.000742. The van der Waals surface area contributed by atoms with Crippen LogP contribution in [0.15, 0.2) is 77.7 Å². The van der Waals surface area contributed by atoms with Crippen molar-refractivity contribution < 1.29 is 19.4 Å². The Kier molecular flexibility index (Phi) is 6.66. The van der Waals surface area contributed by atoms with Gasteiger partial charge in [0.2, 0.25) is 0 Å². The number of nitro benzene ring substituents is 2. The van der Waals surface area contributed by atoms with E-state index in [9.17, 15) is 25.0 Å². The van der Waals surface area contributed by atoms with Gasteiger partial charge in [-0.1, -0.05) is 42.2 Å². The van der Waals surface area contributed by atoms with Crippen LogP contribution in [0.2, 0.25) is 0 Å². The summed E-state index contributed by atoms with van der Waals surface area (Å²) >= 11 is 6.49. The summed E-state index contributed by atoms with van der Waals surface area (Å²) in [7, 11) is 0. The van der Waals surface area contributed by atoms with Crippen LogP contribution in [0.1, 0.15) is 11.1 Å². The minimum Gasteiger partial charge on any atom is -0.488 e. The molecule has 34 heavy (non-hydrogen) atoms. The average molecular weight is 494 g/mol. The van der Waals surface area contributed by atoms with E-state index in [-0.39, 0.29) is 23.9 Å². The molecule has 0 aromatic heterocycles. The predicted molar refractivity (Wildman–Crippen MR) is 133 cm³/mol. The monoisotopic (exact) mass is 493 g/mol. The predicted octanol–water partition coefficient (Wildman–Crippen LogP) is 5.49. The van der Waals surface area contributed by atoms with E-state index in [0.717, 1.165) is 17.3 Å². The van der Waals surface area contributed by atoms with Crippen molar-refractivity contribution in [2.24, 2.45) is 0 Å². The van der Waals surface area contributed by atoms with E-state index in [1.807, 2.05) is 6.07 Å². The molecule has 3 aromatic carbocycles. The summed E-state index contributed by atoms with van der Waals surface area (Å²) in [5.41, 5.74) is 1.78. The summed E-state index contributed by atoms with van der Waals surface area (Å²) in [6.45, 7) is 0.187. The van der Waals surface area contributed by atoms with Crippen molar-refractivity contribution in [3.05, 3.63) is 109 Å². The number of amides is 1. The molecule has 1 aliphatic rings. The second-order valence-electron chi connectivity index (χ2n) is 7.04. The maximum atomic E-state index is 13.0. The molecule has 1 fully saturated rings. The average Bonchev–Trinajstić information content (AvgIpc) is 3.11. The van der Waals surface area contributed by atoms with Gasteiger partial charge in [-0.05, 0) is 42.0 Å². The number of thioether (sulfide) groups is 1. The van der Waals surface area contributed by atoms with E-state index in [1.54, 1.807) is 36.4 Å². The Balaban J connectivity index is 1.53. The van der Waals surface area contributed by atoms with Crippen LogP contribution in [0.5, 0.6) is 5.75 Å². The van der Waals surface area contributed by atoms with Gasteiger partial charge in [-0.25, -0.2) is 0 Å². The van der Waals surface area contributed by atoms with Gasteiger partial charge in [0.05, 0.1) is 20.4 Å². The molecule has 0 bridgehead atoms. The molecular weight excluding hydrogens is 478 g/mol. The highest BCUT2D eigenvalue weighted by molar-refractivity contribution is 8.27. The maximum absolute atomic E-state index is 13.0. The SMILES string of the molecule is O=C1/C(=C\c2ccccc2OCc2ccc([N+](=O)[O-])cc2)SC(=S)N1c1ccc([N+](=O)[O-])cc1. The number of carbonyl (C=O) groups is 1.